The number of hydrogen-bond acceptors (Lipinski definition) is 3. The van der Waals surface area contributed by atoms with Crippen molar-refractivity contribution in [1.82, 2.24) is 14.9 Å². The summed E-state index contributed by atoms with van der Waals surface area (Å²) in [4.78, 5) is 18.9. The van der Waals surface area contributed by atoms with Gasteiger partial charge in [-0.15, -0.1) is 0 Å². The van der Waals surface area contributed by atoms with Crippen molar-refractivity contribution < 1.29 is 0 Å². The third kappa shape index (κ3) is 3.00. The van der Waals surface area contributed by atoms with Crippen LogP contribution in [0.4, 0.5) is 0 Å². The van der Waals surface area contributed by atoms with Crippen molar-refractivity contribution in [2.75, 3.05) is 20.1 Å². The van der Waals surface area contributed by atoms with E-state index in [2.05, 4.69) is 28.8 Å². The van der Waals surface area contributed by atoms with Gasteiger partial charge in [-0.25, -0.2) is 4.79 Å². The number of aromatic nitrogens is 2. The number of nitrogens with zero attached hydrogens (tertiary/aromatic N) is 1. The summed E-state index contributed by atoms with van der Waals surface area (Å²) >= 11 is 0. The maximum Gasteiger partial charge on any atom is 0.323 e. The van der Waals surface area contributed by atoms with Crippen molar-refractivity contribution in [3.63, 3.8) is 0 Å². The number of fused-ring (bicyclic) bond motifs is 1. The van der Waals surface area contributed by atoms with Gasteiger partial charge in [-0.05, 0) is 37.2 Å². The SMILES string of the molecule is CC(CN)CN(C)Cc1ccc2[nH]c(=O)[nH]c2c1. The zero-order valence-electron chi connectivity index (χ0n) is 10.9. The molecular weight excluding hydrogens is 228 g/mol. The molecule has 0 amide bonds. The van der Waals surface area contributed by atoms with Gasteiger partial charge in [-0.3, -0.25) is 0 Å². The molecule has 1 heterocycles. The lowest BCUT2D eigenvalue weighted by Gasteiger charge is -2.20. The Morgan fingerprint density at radius 1 is 1.33 bits per heavy atom. The first-order valence-electron chi connectivity index (χ1n) is 6.18. The molecule has 0 fully saturated rings. The van der Waals surface area contributed by atoms with Gasteiger partial charge in [0.25, 0.3) is 0 Å². The third-order valence-electron chi connectivity index (χ3n) is 3.06. The Balaban J connectivity index is 2.09. The van der Waals surface area contributed by atoms with Crippen molar-refractivity contribution in [1.29, 1.82) is 0 Å². The van der Waals surface area contributed by atoms with Crippen LogP contribution in [0.3, 0.4) is 0 Å². The first-order valence-corrected chi connectivity index (χ1v) is 6.18. The van der Waals surface area contributed by atoms with Gasteiger partial charge < -0.3 is 20.6 Å². The Hall–Kier alpha value is -1.59. The molecule has 1 atom stereocenters. The number of rotatable bonds is 5. The van der Waals surface area contributed by atoms with Crippen LogP contribution in [0.5, 0.6) is 0 Å². The summed E-state index contributed by atoms with van der Waals surface area (Å²) in [5, 5.41) is 0. The lowest BCUT2D eigenvalue weighted by atomic mass is 10.1. The number of nitrogens with one attached hydrogen (secondary N) is 2. The molecule has 0 saturated carbocycles. The van der Waals surface area contributed by atoms with E-state index in [4.69, 9.17) is 5.73 Å². The Morgan fingerprint density at radius 2 is 2.06 bits per heavy atom. The summed E-state index contributed by atoms with van der Waals surface area (Å²) < 4.78 is 0. The van der Waals surface area contributed by atoms with Gasteiger partial charge in [-0.2, -0.15) is 0 Å². The fourth-order valence-corrected chi connectivity index (χ4v) is 2.16. The quantitative estimate of drug-likeness (QED) is 0.735. The second-order valence-corrected chi connectivity index (χ2v) is 5.00. The Bertz CT molecular complexity index is 572. The monoisotopic (exact) mass is 248 g/mol. The maximum absolute atomic E-state index is 11.2. The van der Waals surface area contributed by atoms with Crippen molar-refractivity contribution in [2.45, 2.75) is 13.5 Å². The van der Waals surface area contributed by atoms with Gasteiger partial charge in [0.2, 0.25) is 0 Å². The lowest BCUT2D eigenvalue weighted by molar-refractivity contribution is 0.282. The molecule has 1 aromatic carbocycles. The molecular formula is C13H20N4O. The maximum atomic E-state index is 11.2. The van der Waals surface area contributed by atoms with Crippen LogP contribution in [-0.2, 0) is 6.54 Å². The lowest BCUT2D eigenvalue weighted by Crippen LogP contribution is -2.28. The van der Waals surface area contributed by atoms with E-state index in [1.807, 2.05) is 18.2 Å². The van der Waals surface area contributed by atoms with E-state index in [9.17, 15) is 4.79 Å². The van der Waals surface area contributed by atoms with Crippen LogP contribution in [0.2, 0.25) is 0 Å². The van der Waals surface area contributed by atoms with Crippen LogP contribution in [0.25, 0.3) is 11.0 Å². The van der Waals surface area contributed by atoms with Gasteiger partial charge in [-0.1, -0.05) is 13.0 Å². The molecule has 2 rings (SSSR count). The van der Waals surface area contributed by atoms with E-state index in [1.54, 1.807) is 0 Å². The van der Waals surface area contributed by atoms with E-state index < -0.39 is 0 Å². The molecule has 0 aliphatic heterocycles. The van der Waals surface area contributed by atoms with E-state index >= 15 is 0 Å². The third-order valence-corrected chi connectivity index (χ3v) is 3.06. The molecule has 0 radical (unpaired) electrons. The molecule has 5 nitrogen and oxygen atoms in total. The zero-order chi connectivity index (χ0) is 13.1. The number of imidazole rings is 1. The average Bonchev–Trinajstić information content (AvgIpc) is 2.68. The molecule has 0 aliphatic carbocycles. The number of H-pyrrole nitrogens is 2. The zero-order valence-corrected chi connectivity index (χ0v) is 10.9. The highest BCUT2D eigenvalue weighted by Crippen LogP contribution is 2.12. The fourth-order valence-electron chi connectivity index (χ4n) is 2.16. The Kier molecular flexibility index (Phi) is 3.84. The van der Waals surface area contributed by atoms with Crippen molar-refractivity contribution >= 4 is 11.0 Å². The topological polar surface area (TPSA) is 77.9 Å². The summed E-state index contributed by atoms with van der Waals surface area (Å²) in [6.07, 6.45) is 0. The van der Waals surface area contributed by atoms with Gasteiger partial charge in [0.15, 0.2) is 0 Å². The second kappa shape index (κ2) is 5.37. The van der Waals surface area contributed by atoms with Crippen molar-refractivity contribution in [2.24, 2.45) is 11.7 Å². The van der Waals surface area contributed by atoms with E-state index in [-0.39, 0.29) is 5.69 Å². The molecule has 5 heteroatoms. The molecule has 0 bridgehead atoms. The highest BCUT2D eigenvalue weighted by atomic mass is 16.1. The van der Waals surface area contributed by atoms with Gasteiger partial charge in [0.1, 0.15) is 0 Å². The van der Waals surface area contributed by atoms with Crippen LogP contribution in [0.15, 0.2) is 23.0 Å². The van der Waals surface area contributed by atoms with Crippen LogP contribution in [-0.4, -0.2) is 35.0 Å². The summed E-state index contributed by atoms with van der Waals surface area (Å²) in [6.45, 7) is 4.67. The summed E-state index contributed by atoms with van der Waals surface area (Å²) in [5.74, 6) is 0.491. The number of nitrogens with two attached hydrogens (primary N) is 1. The Morgan fingerprint density at radius 3 is 2.78 bits per heavy atom. The van der Waals surface area contributed by atoms with Crippen LogP contribution >= 0.6 is 0 Å². The normalized spacial score (nSPS) is 13.3. The molecule has 0 aliphatic rings. The largest absolute Gasteiger partial charge is 0.330 e. The van der Waals surface area contributed by atoms with Gasteiger partial charge in [0.05, 0.1) is 11.0 Å². The first kappa shape index (κ1) is 12.9. The average molecular weight is 248 g/mol. The van der Waals surface area contributed by atoms with Gasteiger partial charge in [0, 0.05) is 13.1 Å². The number of aromatic amines is 2. The van der Waals surface area contributed by atoms with Gasteiger partial charge >= 0.3 is 5.69 Å². The molecule has 1 unspecified atom stereocenters. The van der Waals surface area contributed by atoms with Crippen LogP contribution in [0, 0.1) is 5.92 Å². The molecule has 98 valence electrons. The highest BCUT2D eigenvalue weighted by molar-refractivity contribution is 5.74. The van der Waals surface area contributed by atoms with E-state index in [1.165, 1.54) is 5.56 Å². The second-order valence-electron chi connectivity index (χ2n) is 5.00. The summed E-state index contributed by atoms with van der Waals surface area (Å²) in [6, 6.07) is 5.98. The van der Waals surface area contributed by atoms with E-state index in [0.717, 1.165) is 24.1 Å². The molecule has 0 spiro atoms. The molecule has 1 aromatic heterocycles. The minimum atomic E-state index is -0.160. The highest BCUT2D eigenvalue weighted by Gasteiger charge is 2.06. The molecule has 0 saturated heterocycles. The first-order chi connectivity index (χ1) is 8.58. The van der Waals surface area contributed by atoms with Crippen molar-refractivity contribution in [3.8, 4) is 0 Å². The smallest absolute Gasteiger partial charge is 0.323 e. The van der Waals surface area contributed by atoms with Crippen LogP contribution < -0.4 is 11.4 Å². The van der Waals surface area contributed by atoms with E-state index in [0.29, 0.717) is 12.5 Å². The molecule has 2 aromatic rings. The summed E-state index contributed by atoms with van der Waals surface area (Å²) in [5.41, 5.74) is 8.35. The predicted molar refractivity (Wildman–Crippen MR) is 73.5 cm³/mol. The Labute approximate surface area is 106 Å². The minimum Gasteiger partial charge on any atom is -0.330 e. The number of benzene rings is 1. The molecule has 18 heavy (non-hydrogen) atoms. The molecule has 4 N–H and O–H groups in total. The standard InChI is InChI=1S/C13H20N4O/c1-9(6-14)7-17(2)8-10-3-4-11-12(5-10)16-13(18)15-11/h3-5,9H,6-8,14H2,1-2H3,(H2,15,16,18). The number of hydrogen-bond donors (Lipinski definition) is 3. The summed E-state index contributed by atoms with van der Waals surface area (Å²) in [7, 11) is 2.08. The van der Waals surface area contributed by atoms with Crippen molar-refractivity contribution in [3.05, 3.63) is 34.2 Å². The van der Waals surface area contributed by atoms with Crippen LogP contribution in [0.1, 0.15) is 12.5 Å². The predicted octanol–water partition coefficient (Wildman–Crippen LogP) is 0.883. The minimum absolute atomic E-state index is 0.160. The fraction of sp³-hybridized carbons (Fsp3) is 0.462.